The Morgan fingerprint density at radius 1 is 0.875 bits per heavy atom. The van der Waals surface area contributed by atoms with Crippen molar-refractivity contribution < 1.29 is 39.5 Å². The summed E-state index contributed by atoms with van der Waals surface area (Å²) in [5.74, 6) is -15.1. The van der Waals surface area contributed by atoms with Gasteiger partial charge in [0.2, 0.25) is 5.67 Å². The Hall–Kier alpha value is -0.890. The van der Waals surface area contributed by atoms with Crippen LogP contribution in [0.25, 0.3) is 0 Å². The third-order valence-electron chi connectivity index (χ3n) is 2.86. The van der Waals surface area contributed by atoms with Gasteiger partial charge in [-0.2, -0.15) is 13.2 Å². The van der Waals surface area contributed by atoms with Crippen LogP contribution in [0.2, 0.25) is 0 Å². The van der Waals surface area contributed by atoms with E-state index in [0.717, 1.165) is 0 Å². The van der Waals surface area contributed by atoms with Crippen molar-refractivity contribution in [2.24, 2.45) is 5.92 Å². The van der Waals surface area contributed by atoms with Crippen LogP contribution in [0.3, 0.4) is 0 Å². The molecule has 0 nitrogen and oxygen atoms in total. The van der Waals surface area contributed by atoms with Crippen LogP contribution in [-0.2, 0) is 0 Å². The fourth-order valence-electron chi connectivity index (χ4n) is 2.08. The predicted molar refractivity (Wildman–Crippen MR) is 31.4 cm³/mol. The van der Waals surface area contributed by atoms with Crippen LogP contribution in [0, 0.1) is 5.92 Å². The number of hydrogen-bond acceptors (Lipinski definition) is 0. The van der Waals surface area contributed by atoms with Crippen LogP contribution in [0.1, 0.15) is 0 Å². The molecule has 16 heavy (non-hydrogen) atoms. The Balaban J connectivity index is 2.57. The SMILES string of the molecule is FC1=C(F)[C@]2(F)[C@@H](C(F)(F)F)C(F)(F)[C@]12F. The lowest BCUT2D eigenvalue weighted by molar-refractivity contribution is -0.412. The van der Waals surface area contributed by atoms with Crippen LogP contribution in [0.5, 0.6) is 0 Å². The third-order valence-corrected chi connectivity index (χ3v) is 2.86. The van der Waals surface area contributed by atoms with Crippen LogP contribution < -0.4 is 0 Å². The van der Waals surface area contributed by atoms with E-state index >= 15 is 0 Å². The second-order valence-electron chi connectivity index (χ2n) is 3.60. The molecule has 9 heteroatoms. The molecule has 1 fully saturated rings. The first-order valence-electron chi connectivity index (χ1n) is 3.82. The van der Waals surface area contributed by atoms with Gasteiger partial charge in [-0.25, -0.2) is 26.3 Å². The van der Waals surface area contributed by atoms with Crippen molar-refractivity contribution in [1.29, 1.82) is 0 Å². The zero-order valence-electron chi connectivity index (χ0n) is 6.98. The molecule has 1 saturated carbocycles. The summed E-state index contributed by atoms with van der Waals surface area (Å²) in [5.41, 5.74) is -9.47. The van der Waals surface area contributed by atoms with E-state index in [9.17, 15) is 39.5 Å². The number of alkyl halides is 7. The topological polar surface area (TPSA) is 0 Å². The van der Waals surface area contributed by atoms with Crippen molar-refractivity contribution in [3.8, 4) is 0 Å². The summed E-state index contributed by atoms with van der Waals surface area (Å²) in [7, 11) is 0. The van der Waals surface area contributed by atoms with Gasteiger partial charge in [-0.15, -0.1) is 0 Å². The summed E-state index contributed by atoms with van der Waals surface area (Å²) in [5, 5.41) is 0. The van der Waals surface area contributed by atoms with Gasteiger partial charge in [-0.3, -0.25) is 0 Å². The van der Waals surface area contributed by atoms with Gasteiger partial charge in [-0.1, -0.05) is 0 Å². The van der Waals surface area contributed by atoms with Gasteiger partial charge in [0.15, 0.2) is 17.6 Å². The highest BCUT2D eigenvalue weighted by molar-refractivity contribution is 5.55. The minimum atomic E-state index is -5.87. The number of halogens is 9. The lowest BCUT2D eigenvalue weighted by atomic mass is 9.49. The van der Waals surface area contributed by atoms with Crippen LogP contribution in [0.4, 0.5) is 39.5 Å². The number of allylic oxidation sites excluding steroid dienone is 2. The largest absolute Gasteiger partial charge is 0.401 e. The molecule has 0 aliphatic heterocycles. The number of fused-ring (bicyclic) bond motifs is 1. The zero-order valence-corrected chi connectivity index (χ0v) is 6.98. The molecule has 0 N–H and O–H groups in total. The molecular formula is C7HF9. The Labute approximate surface area is 81.7 Å². The van der Waals surface area contributed by atoms with Gasteiger partial charge in [0.1, 0.15) is 0 Å². The molecule has 0 unspecified atom stereocenters. The van der Waals surface area contributed by atoms with E-state index < -0.39 is 41.0 Å². The summed E-state index contributed by atoms with van der Waals surface area (Å²) in [6.07, 6.45) is -5.87. The maximum atomic E-state index is 13.1. The van der Waals surface area contributed by atoms with Gasteiger partial charge in [0.05, 0.1) is 0 Å². The monoisotopic (exact) mass is 256 g/mol. The number of hydrogen-bond donors (Lipinski definition) is 0. The average Bonchev–Trinajstić information content (AvgIpc) is 2.10. The molecule has 0 amide bonds. The Morgan fingerprint density at radius 2 is 1.31 bits per heavy atom. The van der Waals surface area contributed by atoms with Crippen molar-refractivity contribution >= 4 is 0 Å². The predicted octanol–water partition coefficient (Wildman–Crippen LogP) is 3.39. The summed E-state index contributed by atoms with van der Waals surface area (Å²) in [6, 6.07) is 0. The molecule has 0 heterocycles. The van der Waals surface area contributed by atoms with Crippen molar-refractivity contribution in [1.82, 2.24) is 0 Å². The molecule has 2 rings (SSSR count). The fourth-order valence-corrected chi connectivity index (χ4v) is 2.08. The Kier molecular flexibility index (Phi) is 1.70. The van der Waals surface area contributed by atoms with Crippen molar-refractivity contribution in [3.63, 3.8) is 0 Å². The van der Waals surface area contributed by atoms with E-state index in [1.54, 1.807) is 0 Å². The lowest BCUT2D eigenvalue weighted by Crippen LogP contribution is -2.86. The maximum absolute atomic E-state index is 13.1. The molecule has 2 aliphatic carbocycles. The average molecular weight is 256 g/mol. The van der Waals surface area contributed by atoms with Gasteiger partial charge < -0.3 is 0 Å². The molecule has 0 aromatic carbocycles. The standard InChI is InChI=1S/C7HF9/c8-1-2(9)5(11)4(1,10)3(6(5,12)13)7(14,15)16/h3H/t3-,4+,5+/m1/s1. The van der Waals surface area contributed by atoms with E-state index in [2.05, 4.69) is 0 Å². The maximum Gasteiger partial charge on any atom is 0.401 e. The van der Waals surface area contributed by atoms with E-state index in [1.807, 2.05) is 0 Å². The van der Waals surface area contributed by atoms with E-state index in [4.69, 9.17) is 0 Å². The van der Waals surface area contributed by atoms with Gasteiger partial charge >= 0.3 is 12.1 Å². The highest BCUT2D eigenvalue weighted by Gasteiger charge is 3.00. The first-order valence-corrected chi connectivity index (χ1v) is 3.82. The summed E-state index contributed by atoms with van der Waals surface area (Å²) >= 11 is 0. The van der Waals surface area contributed by atoms with Crippen LogP contribution in [0.15, 0.2) is 11.7 Å². The smallest absolute Gasteiger partial charge is 0.231 e. The molecule has 2 aliphatic rings. The van der Waals surface area contributed by atoms with Gasteiger partial charge in [-0.05, 0) is 0 Å². The van der Waals surface area contributed by atoms with Gasteiger partial charge in [0, 0.05) is 0 Å². The van der Waals surface area contributed by atoms with E-state index in [-0.39, 0.29) is 0 Å². The zero-order chi connectivity index (χ0) is 12.7. The van der Waals surface area contributed by atoms with E-state index in [0.29, 0.717) is 0 Å². The van der Waals surface area contributed by atoms with Gasteiger partial charge in [0.25, 0.3) is 5.67 Å². The minimum absolute atomic E-state index is 2.75. The summed E-state index contributed by atoms with van der Waals surface area (Å²) < 4.78 is 112. The van der Waals surface area contributed by atoms with Crippen molar-refractivity contribution in [2.45, 2.75) is 23.4 Å². The summed E-state index contributed by atoms with van der Waals surface area (Å²) in [4.78, 5) is 0. The lowest BCUT2D eigenvalue weighted by Gasteiger charge is -2.62. The third kappa shape index (κ3) is 0.736. The molecule has 92 valence electrons. The van der Waals surface area contributed by atoms with Crippen LogP contribution >= 0.6 is 0 Å². The molecule has 0 aromatic rings. The Bertz CT molecular complexity index is 393. The minimum Gasteiger partial charge on any atom is -0.231 e. The quantitative estimate of drug-likeness (QED) is 0.583. The molecule has 0 saturated heterocycles. The molecule has 0 spiro atoms. The first-order chi connectivity index (χ1) is 6.93. The molecular weight excluding hydrogens is 255 g/mol. The highest BCUT2D eigenvalue weighted by Crippen LogP contribution is 2.78. The number of rotatable bonds is 0. The second-order valence-corrected chi connectivity index (χ2v) is 3.60. The normalized spacial score (nSPS) is 45.9. The van der Waals surface area contributed by atoms with Crippen molar-refractivity contribution in [3.05, 3.63) is 11.7 Å². The molecule has 0 bridgehead atoms. The van der Waals surface area contributed by atoms with E-state index in [1.165, 1.54) is 0 Å². The highest BCUT2D eigenvalue weighted by atomic mass is 19.4. The van der Waals surface area contributed by atoms with Crippen molar-refractivity contribution in [2.75, 3.05) is 0 Å². The molecule has 0 radical (unpaired) electrons. The first kappa shape index (κ1) is 11.6. The van der Waals surface area contributed by atoms with Crippen LogP contribution in [-0.4, -0.2) is 23.4 Å². The molecule has 3 atom stereocenters. The fraction of sp³-hybridized carbons (Fsp3) is 0.714. The second kappa shape index (κ2) is 2.35. The Morgan fingerprint density at radius 3 is 1.69 bits per heavy atom. The molecule has 0 aromatic heterocycles. The summed E-state index contributed by atoms with van der Waals surface area (Å²) in [6.45, 7) is 0.